The van der Waals surface area contributed by atoms with Gasteiger partial charge < -0.3 is 15.4 Å². The molecular weight excluding hydrogens is 286 g/mol. The molecule has 0 radical (unpaired) electrons. The van der Waals surface area contributed by atoms with Gasteiger partial charge in [0.15, 0.2) is 0 Å². The van der Waals surface area contributed by atoms with E-state index in [1.54, 1.807) is 0 Å². The number of carbonyl (C=O) groups excluding carboxylic acids is 1. The smallest absolute Gasteiger partial charge is 0.250 e. The fourth-order valence-corrected chi connectivity index (χ4v) is 4.01. The Morgan fingerprint density at radius 2 is 2.33 bits per heavy atom. The molecule has 1 aliphatic carbocycles. The van der Waals surface area contributed by atoms with Gasteiger partial charge in [-0.3, -0.25) is 4.79 Å². The Kier molecular flexibility index (Phi) is 5.22. The molecule has 1 amide bonds. The van der Waals surface area contributed by atoms with Crippen LogP contribution in [0.2, 0.25) is 0 Å². The largest absolute Gasteiger partial charge is 0.366 e. The van der Waals surface area contributed by atoms with Crippen molar-refractivity contribution in [3.05, 3.63) is 15.6 Å². The number of carbonyl (C=O) groups is 1. The van der Waals surface area contributed by atoms with Gasteiger partial charge in [-0.05, 0) is 32.1 Å². The van der Waals surface area contributed by atoms with Crippen LogP contribution in [0.1, 0.15) is 34.8 Å². The van der Waals surface area contributed by atoms with Gasteiger partial charge in [0.1, 0.15) is 6.10 Å². The normalized spacial score (nSPS) is 21.8. The number of ether oxygens (including phenoxy) is 1. The summed E-state index contributed by atoms with van der Waals surface area (Å²) in [7, 11) is 0. The number of rotatable bonds is 5. The third kappa shape index (κ3) is 4.02. The maximum atomic E-state index is 11.9. The van der Waals surface area contributed by atoms with Crippen molar-refractivity contribution in [1.82, 2.24) is 15.6 Å². The maximum Gasteiger partial charge on any atom is 0.250 e. The molecule has 21 heavy (non-hydrogen) atoms. The summed E-state index contributed by atoms with van der Waals surface area (Å²) in [6.07, 6.45) is 6.51. The monoisotopic (exact) mass is 309 g/mol. The van der Waals surface area contributed by atoms with E-state index < -0.39 is 0 Å². The molecule has 116 valence electrons. The molecule has 1 fully saturated rings. The van der Waals surface area contributed by atoms with Gasteiger partial charge in [-0.1, -0.05) is 0 Å². The molecule has 1 aliphatic heterocycles. The molecule has 1 aromatic rings. The molecule has 0 spiro atoms. The highest BCUT2D eigenvalue weighted by Gasteiger charge is 2.21. The third-order valence-electron chi connectivity index (χ3n) is 3.98. The Morgan fingerprint density at radius 1 is 1.43 bits per heavy atom. The van der Waals surface area contributed by atoms with Crippen LogP contribution in [0.15, 0.2) is 0 Å². The van der Waals surface area contributed by atoms with Crippen molar-refractivity contribution in [3.8, 4) is 0 Å². The molecule has 0 saturated carbocycles. The van der Waals surface area contributed by atoms with E-state index in [4.69, 9.17) is 9.72 Å². The highest BCUT2D eigenvalue weighted by atomic mass is 32.1. The summed E-state index contributed by atoms with van der Waals surface area (Å²) in [6, 6.07) is 0. The van der Waals surface area contributed by atoms with Crippen LogP contribution in [0.5, 0.6) is 0 Å². The molecule has 1 unspecified atom stereocenters. The van der Waals surface area contributed by atoms with Gasteiger partial charge in [0.25, 0.3) is 0 Å². The van der Waals surface area contributed by atoms with E-state index in [9.17, 15) is 4.79 Å². The molecule has 2 N–H and O–H groups in total. The number of hydrogen-bond acceptors (Lipinski definition) is 5. The lowest BCUT2D eigenvalue weighted by Gasteiger charge is -2.22. The van der Waals surface area contributed by atoms with Crippen LogP contribution in [-0.2, 0) is 28.8 Å². The van der Waals surface area contributed by atoms with E-state index in [0.29, 0.717) is 19.7 Å². The van der Waals surface area contributed by atoms with Gasteiger partial charge in [-0.25, -0.2) is 4.98 Å². The zero-order chi connectivity index (χ0) is 14.5. The lowest BCUT2D eigenvalue weighted by molar-refractivity contribution is -0.134. The minimum Gasteiger partial charge on any atom is -0.366 e. The Morgan fingerprint density at radius 3 is 3.14 bits per heavy atom. The van der Waals surface area contributed by atoms with Crippen molar-refractivity contribution in [2.45, 2.75) is 44.6 Å². The summed E-state index contributed by atoms with van der Waals surface area (Å²) in [5, 5.41) is 7.35. The number of aromatic nitrogens is 1. The average Bonchev–Trinajstić information content (AvgIpc) is 2.95. The Bertz CT molecular complexity index is 460. The minimum atomic E-state index is -0.328. The number of nitrogens with zero attached hydrogens (tertiary/aromatic N) is 1. The molecule has 0 bridgehead atoms. The minimum absolute atomic E-state index is 0.000586. The number of hydrogen-bond donors (Lipinski definition) is 2. The topological polar surface area (TPSA) is 63.2 Å². The summed E-state index contributed by atoms with van der Waals surface area (Å²) in [5.74, 6) is 0.000586. The van der Waals surface area contributed by atoms with E-state index in [0.717, 1.165) is 25.8 Å². The molecule has 6 heteroatoms. The number of nitrogens with one attached hydrogen (secondary N) is 2. The molecule has 1 saturated heterocycles. The molecular formula is C15H23N3O2S. The standard InChI is InChI=1S/C15H23N3O2S/c19-15(12-10-16-8-9-20-12)17-7-3-6-14-18-11-4-1-2-5-13(11)21-14/h12,16H,1-10H2,(H,17,19). The predicted octanol–water partition coefficient (Wildman–Crippen LogP) is 1.06. The number of amides is 1. The quantitative estimate of drug-likeness (QED) is 0.798. The number of morpholine rings is 1. The van der Waals surface area contributed by atoms with Crippen LogP contribution in [0.3, 0.4) is 0 Å². The van der Waals surface area contributed by atoms with Crippen LogP contribution in [0.4, 0.5) is 0 Å². The van der Waals surface area contributed by atoms with Gasteiger partial charge in [0.05, 0.1) is 17.3 Å². The van der Waals surface area contributed by atoms with Crippen molar-refractivity contribution in [3.63, 3.8) is 0 Å². The second-order valence-corrected chi connectivity index (χ2v) is 6.81. The molecule has 0 aromatic carbocycles. The number of fused-ring (bicyclic) bond motifs is 1. The van der Waals surface area contributed by atoms with Crippen molar-refractivity contribution in [1.29, 1.82) is 0 Å². The first-order valence-electron chi connectivity index (χ1n) is 7.90. The van der Waals surface area contributed by atoms with Gasteiger partial charge in [0, 0.05) is 30.9 Å². The van der Waals surface area contributed by atoms with Crippen molar-refractivity contribution >= 4 is 17.2 Å². The summed E-state index contributed by atoms with van der Waals surface area (Å²) in [4.78, 5) is 18.1. The molecule has 1 aromatic heterocycles. The first-order chi connectivity index (χ1) is 10.3. The van der Waals surface area contributed by atoms with Crippen molar-refractivity contribution in [2.75, 3.05) is 26.2 Å². The number of thiazole rings is 1. The van der Waals surface area contributed by atoms with Gasteiger partial charge in [-0.2, -0.15) is 0 Å². The summed E-state index contributed by atoms with van der Waals surface area (Å²) in [6.45, 7) is 2.76. The first kappa shape index (κ1) is 14.9. The lowest BCUT2D eigenvalue weighted by Crippen LogP contribution is -2.48. The fraction of sp³-hybridized carbons (Fsp3) is 0.733. The van der Waals surface area contributed by atoms with E-state index in [-0.39, 0.29) is 12.0 Å². The highest BCUT2D eigenvalue weighted by molar-refractivity contribution is 7.11. The average molecular weight is 309 g/mol. The van der Waals surface area contributed by atoms with Crippen molar-refractivity contribution in [2.24, 2.45) is 0 Å². The summed E-state index contributed by atoms with van der Waals surface area (Å²) >= 11 is 1.86. The second-order valence-electron chi connectivity index (χ2n) is 5.64. The third-order valence-corrected chi connectivity index (χ3v) is 5.19. The Hall–Kier alpha value is -0.980. The van der Waals surface area contributed by atoms with E-state index in [2.05, 4.69) is 10.6 Å². The zero-order valence-corrected chi connectivity index (χ0v) is 13.1. The van der Waals surface area contributed by atoms with Crippen LogP contribution in [0, 0.1) is 0 Å². The summed E-state index contributed by atoms with van der Waals surface area (Å²) in [5.41, 5.74) is 1.33. The van der Waals surface area contributed by atoms with Gasteiger partial charge in [-0.15, -0.1) is 11.3 Å². The molecule has 2 aliphatic rings. The second kappa shape index (κ2) is 7.33. The van der Waals surface area contributed by atoms with Crippen LogP contribution < -0.4 is 10.6 Å². The summed E-state index contributed by atoms with van der Waals surface area (Å²) < 4.78 is 5.43. The van der Waals surface area contributed by atoms with Crippen LogP contribution >= 0.6 is 11.3 Å². The fourth-order valence-electron chi connectivity index (χ4n) is 2.81. The van der Waals surface area contributed by atoms with Crippen molar-refractivity contribution < 1.29 is 9.53 Å². The van der Waals surface area contributed by atoms with E-state index >= 15 is 0 Å². The predicted molar refractivity (Wildman–Crippen MR) is 82.7 cm³/mol. The molecule has 1 atom stereocenters. The van der Waals surface area contributed by atoms with Crippen LogP contribution in [0.25, 0.3) is 0 Å². The number of aryl methyl sites for hydroxylation is 3. The molecule has 5 nitrogen and oxygen atoms in total. The van der Waals surface area contributed by atoms with E-state index in [1.807, 2.05) is 11.3 Å². The molecule has 3 rings (SSSR count). The zero-order valence-electron chi connectivity index (χ0n) is 12.3. The van der Waals surface area contributed by atoms with Gasteiger partial charge in [0.2, 0.25) is 5.91 Å². The SMILES string of the molecule is O=C(NCCCc1nc2c(s1)CCCC2)C1CNCCO1. The Balaban J connectivity index is 1.38. The van der Waals surface area contributed by atoms with Crippen LogP contribution in [-0.4, -0.2) is 43.2 Å². The Labute approximate surface area is 129 Å². The van der Waals surface area contributed by atoms with Gasteiger partial charge >= 0.3 is 0 Å². The first-order valence-corrected chi connectivity index (χ1v) is 8.72. The van der Waals surface area contributed by atoms with E-state index in [1.165, 1.54) is 34.8 Å². The maximum absolute atomic E-state index is 11.9. The molecule has 2 heterocycles. The lowest BCUT2D eigenvalue weighted by atomic mass is 10.0. The highest BCUT2D eigenvalue weighted by Crippen LogP contribution is 2.27.